The number of hydrogen-bond donors (Lipinski definition) is 2. The summed E-state index contributed by atoms with van der Waals surface area (Å²) in [5, 5.41) is 0. The molecule has 5 nitrogen and oxygen atoms in total. The van der Waals surface area contributed by atoms with Gasteiger partial charge in [-0.3, -0.25) is 9.59 Å². The Morgan fingerprint density at radius 2 is 1.89 bits per heavy atom. The molecule has 1 saturated carbocycles. The van der Waals surface area contributed by atoms with Crippen LogP contribution in [0.25, 0.3) is 0 Å². The summed E-state index contributed by atoms with van der Waals surface area (Å²) in [7, 11) is 0. The maximum atomic E-state index is 12.6. The van der Waals surface area contributed by atoms with Crippen LogP contribution in [0.4, 0.5) is 0 Å². The molecule has 2 aliphatic rings. The van der Waals surface area contributed by atoms with Crippen LogP contribution in [0.2, 0.25) is 0 Å². The molecule has 4 N–H and O–H groups in total. The molecule has 0 aromatic carbocycles. The number of hydrogen-bond acceptors (Lipinski definition) is 3. The largest absolute Gasteiger partial charge is 0.370 e. The molecule has 3 atom stereocenters. The lowest BCUT2D eigenvalue weighted by Crippen LogP contribution is -2.49. The summed E-state index contributed by atoms with van der Waals surface area (Å²) < 4.78 is 0. The van der Waals surface area contributed by atoms with E-state index in [1.807, 2.05) is 4.90 Å². The first-order valence-corrected chi connectivity index (χ1v) is 7.42. The highest BCUT2D eigenvalue weighted by molar-refractivity contribution is 5.81. The van der Waals surface area contributed by atoms with Gasteiger partial charge in [-0.1, -0.05) is 6.42 Å². The number of primary amides is 1. The van der Waals surface area contributed by atoms with Crippen molar-refractivity contribution in [3.8, 4) is 0 Å². The predicted octanol–water partition coefficient (Wildman–Crippen LogP) is 0.760. The molecule has 2 fully saturated rings. The van der Waals surface area contributed by atoms with Gasteiger partial charge in [0.25, 0.3) is 0 Å². The molecule has 108 valence electrons. The quantitative estimate of drug-likeness (QED) is 0.791. The second-order valence-electron chi connectivity index (χ2n) is 5.98. The zero-order valence-electron chi connectivity index (χ0n) is 11.5. The highest BCUT2D eigenvalue weighted by atomic mass is 16.2. The number of rotatable bonds is 3. The molecule has 0 spiro atoms. The minimum absolute atomic E-state index is 0.0110. The maximum Gasteiger partial charge on any atom is 0.226 e. The minimum atomic E-state index is -0.315. The number of likely N-dealkylation sites (tertiary alicyclic amines) is 1. The normalized spacial score (nSPS) is 32.1. The first kappa shape index (κ1) is 14.3. The minimum Gasteiger partial charge on any atom is -0.370 e. The van der Waals surface area contributed by atoms with E-state index in [4.69, 9.17) is 11.5 Å². The van der Waals surface area contributed by atoms with Crippen molar-refractivity contribution in [3.05, 3.63) is 0 Å². The van der Waals surface area contributed by atoms with Crippen molar-refractivity contribution in [1.29, 1.82) is 0 Å². The highest BCUT2D eigenvalue weighted by Gasteiger charge is 2.34. The fourth-order valence-corrected chi connectivity index (χ4v) is 3.42. The molecule has 0 aromatic rings. The summed E-state index contributed by atoms with van der Waals surface area (Å²) in [5.74, 6) is -0.0663. The lowest BCUT2D eigenvalue weighted by Gasteiger charge is -2.39. The van der Waals surface area contributed by atoms with Gasteiger partial charge in [-0.2, -0.15) is 0 Å². The van der Waals surface area contributed by atoms with Gasteiger partial charge in [-0.05, 0) is 38.5 Å². The predicted molar refractivity (Wildman–Crippen MR) is 73.1 cm³/mol. The average Bonchev–Trinajstić information content (AvgIpc) is 2.38. The van der Waals surface area contributed by atoms with E-state index in [9.17, 15) is 9.59 Å². The molecule has 1 saturated heterocycles. The molecular formula is C14H25N3O2. The van der Waals surface area contributed by atoms with E-state index in [1.54, 1.807) is 0 Å². The van der Waals surface area contributed by atoms with E-state index in [0.717, 1.165) is 51.5 Å². The molecule has 1 aliphatic heterocycles. The monoisotopic (exact) mass is 267 g/mol. The lowest BCUT2D eigenvalue weighted by atomic mass is 9.84. The van der Waals surface area contributed by atoms with Crippen LogP contribution in [0.5, 0.6) is 0 Å². The summed E-state index contributed by atoms with van der Waals surface area (Å²) in [4.78, 5) is 25.6. The summed E-state index contributed by atoms with van der Waals surface area (Å²) in [6, 6.07) is 0.166. The van der Waals surface area contributed by atoms with E-state index >= 15 is 0 Å². The number of nitrogens with two attached hydrogens (primary N) is 2. The lowest BCUT2D eigenvalue weighted by molar-refractivity contribution is -0.141. The third-order valence-electron chi connectivity index (χ3n) is 4.41. The first-order valence-electron chi connectivity index (χ1n) is 7.42. The molecule has 0 aromatic heterocycles. The van der Waals surface area contributed by atoms with Crippen LogP contribution >= 0.6 is 0 Å². The summed E-state index contributed by atoms with van der Waals surface area (Å²) >= 11 is 0. The fraction of sp³-hybridized carbons (Fsp3) is 0.857. The fourth-order valence-electron chi connectivity index (χ4n) is 3.42. The number of carbonyl (C=O) groups excluding carboxylic acids is 2. The van der Waals surface area contributed by atoms with Gasteiger partial charge in [0.15, 0.2) is 0 Å². The Labute approximate surface area is 114 Å². The van der Waals surface area contributed by atoms with Crippen LogP contribution in [-0.2, 0) is 9.59 Å². The first-order chi connectivity index (χ1) is 9.08. The summed E-state index contributed by atoms with van der Waals surface area (Å²) in [6.07, 6.45) is 7.08. The molecule has 0 bridgehead atoms. The van der Waals surface area contributed by atoms with Gasteiger partial charge in [0, 0.05) is 31.0 Å². The molecule has 5 heteroatoms. The number of amides is 2. The summed E-state index contributed by atoms with van der Waals surface area (Å²) in [6.45, 7) is 0.766. The van der Waals surface area contributed by atoms with Crippen molar-refractivity contribution in [1.82, 2.24) is 4.90 Å². The number of carbonyl (C=O) groups is 2. The zero-order valence-corrected chi connectivity index (χ0v) is 11.5. The molecule has 2 rings (SSSR count). The smallest absolute Gasteiger partial charge is 0.226 e. The van der Waals surface area contributed by atoms with Crippen molar-refractivity contribution in [2.24, 2.45) is 17.4 Å². The van der Waals surface area contributed by atoms with Crippen molar-refractivity contribution in [2.45, 2.75) is 63.5 Å². The molecular weight excluding hydrogens is 242 g/mol. The zero-order chi connectivity index (χ0) is 13.8. The van der Waals surface area contributed by atoms with Crippen molar-refractivity contribution in [2.75, 3.05) is 6.54 Å². The number of nitrogens with zero attached hydrogens (tertiary/aromatic N) is 1. The Bertz CT molecular complexity index is 346. The topological polar surface area (TPSA) is 89.4 Å². The van der Waals surface area contributed by atoms with Gasteiger partial charge in [0.2, 0.25) is 11.8 Å². The van der Waals surface area contributed by atoms with Crippen LogP contribution in [0.1, 0.15) is 51.4 Å². The van der Waals surface area contributed by atoms with Crippen LogP contribution in [0.3, 0.4) is 0 Å². The van der Waals surface area contributed by atoms with Crippen molar-refractivity contribution in [3.63, 3.8) is 0 Å². The molecule has 0 unspecified atom stereocenters. The Balaban J connectivity index is 2.00. The molecule has 2 amide bonds. The Morgan fingerprint density at radius 3 is 2.58 bits per heavy atom. The van der Waals surface area contributed by atoms with E-state index in [0.29, 0.717) is 6.42 Å². The SMILES string of the molecule is NC(=O)C[C@@H]1CCCCN1C(=O)[C@@H]1CCC[C@H](N)C1. The van der Waals surface area contributed by atoms with Gasteiger partial charge in [0.1, 0.15) is 0 Å². The average molecular weight is 267 g/mol. The van der Waals surface area contributed by atoms with Crippen LogP contribution in [0.15, 0.2) is 0 Å². The van der Waals surface area contributed by atoms with Crippen molar-refractivity contribution < 1.29 is 9.59 Å². The van der Waals surface area contributed by atoms with Gasteiger partial charge >= 0.3 is 0 Å². The second-order valence-corrected chi connectivity index (χ2v) is 5.98. The van der Waals surface area contributed by atoms with E-state index in [1.165, 1.54) is 0 Å². The number of piperidine rings is 1. The highest BCUT2D eigenvalue weighted by Crippen LogP contribution is 2.28. The Hall–Kier alpha value is -1.10. The Morgan fingerprint density at radius 1 is 1.11 bits per heavy atom. The summed E-state index contributed by atoms with van der Waals surface area (Å²) in [5.41, 5.74) is 11.3. The van der Waals surface area contributed by atoms with E-state index < -0.39 is 0 Å². The second kappa shape index (κ2) is 6.37. The maximum absolute atomic E-state index is 12.6. The molecule has 1 heterocycles. The van der Waals surface area contributed by atoms with Gasteiger partial charge < -0.3 is 16.4 Å². The third kappa shape index (κ3) is 3.69. The Kier molecular flexibility index (Phi) is 4.80. The van der Waals surface area contributed by atoms with Gasteiger partial charge in [-0.25, -0.2) is 0 Å². The van der Waals surface area contributed by atoms with Crippen LogP contribution in [-0.4, -0.2) is 35.3 Å². The molecule has 0 radical (unpaired) electrons. The van der Waals surface area contributed by atoms with E-state index in [2.05, 4.69) is 0 Å². The molecule has 1 aliphatic carbocycles. The third-order valence-corrected chi connectivity index (χ3v) is 4.41. The standard InChI is InChI=1S/C14H25N3O2/c15-11-5-3-4-10(8-11)14(19)17-7-2-1-6-12(17)9-13(16)18/h10-12H,1-9,15H2,(H2,16,18)/t10-,11+,12+/m1/s1. The van der Waals surface area contributed by atoms with Gasteiger partial charge in [-0.15, -0.1) is 0 Å². The molecule has 19 heavy (non-hydrogen) atoms. The van der Waals surface area contributed by atoms with E-state index in [-0.39, 0.29) is 29.8 Å². The van der Waals surface area contributed by atoms with Crippen LogP contribution in [0, 0.1) is 5.92 Å². The van der Waals surface area contributed by atoms with Crippen molar-refractivity contribution >= 4 is 11.8 Å². The van der Waals surface area contributed by atoms with Gasteiger partial charge in [0.05, 0.1) is 0 Å². The van der Waals surface area contributed by atoms with Crippen LogP contribution < -0.4 is 11.5 Å².